The van der Waals surface area contributed by atoms with Gasteiger partial charge in [0.15, 0.2) is 0 Å². The molecule has 0 saturated carbocycles. The van der Waals surface area contributed by atoms with Crippen LogP contribution in [0.15, 0.2) is 18.5 Å². The Hall–Kier alpha value is -1.42. The minimum absolute atomic E-state index is 0.354. The lowest BCUT2D eigenvalue weighted by Gasteiger charge is -2.27. The fourth-order valence-electron chi connectivity index (χ4n) is 1.36. The molecule has 0 radical (unpaired) electrons. The number of hydrogen-bond donors (Lipinski definition) is 2. The van der Waals surface area contributed by atoms with Gasteiger partial charge in [-0.05, 0) is 24.6 Å². The van der Waals surface area contributed by atoms with Crippen molar-refractivity contribution in [1.82, 2.24) is 10.3 Å². The minimum atomic E-state index is -0.423. The zero-order valence-corrected chi connectivity index (χ0v) is 7.16. The number of carbonyl (C=O) groups is 1. The second-order valence-electron chi connectivity index (χ2n) is 3.17. The molecule has 13 heavy (non-hydrogen) atoms. The number of primary amides is 1. The maximum atomic E-state index is 10.8. The molecule has 2 rings (SSSR count). The van der Waals surface area contributed by atoms with E-state index < -0.39 is 5.91 Å². The van der Waals surface area contributed by atoms with Crippen LogP contribution < -0.4 is 11.1 Å². The molecule has 3 N–H and O–H groups in total. The zero-order valence-electron chi connectivity index (χ0n) is 7.16. The molecule has 0 bridgehead atoms. The number of nitrogens with zero attached hydrogens (tertiary/aromatic N) is 1. The summed E-state index contributed by atoms with van der Waals surface area (Å²) in [4.78, 5) is 14.8. The molecule has 1 amide bonds. The Balaban J connectivity index is 2.26. The maximum absolute atomic E-state index is 10.8. The Bertz CT molecular complexity index is 333. The molecule has 0 spiro atoms. The summed E-state index contributed by atoms with van der Waals surface area (Å²) in [6.07, 6.45) is 4.36. The van der Waals surface area contributed by atoms with E-state index in [-0.39, 0.29) is 0 Å². The van der Waals surface area contributed by atoms with Crippen LogP contribution in [0.5, 0.6) is 0 Å². The second kappa shape index (κ2) is 3.14. The first-order valence-corrected chi connectivity index (χ1v) is 4.25. The maximum Gasteiger partial charge on any atom is 0.250 e. The molecule has 0 aromatic carbocycles. The number of rotatable bonds is 2. The number of aromatic nitrogens is 1. The molecule has 4 nitrogen and oxygen atoms in total. The third-order valence-electron chi connectivity index (χ3n) is 2.27. The summed E-state index contributed by atoms with van der Waals surface area (Å²) in [5.41, 5.74) is 6.66. The van der Waals surface area contributed by atoms with Gasteiger partial charge in [0.25, 0.3) is 0 Å². The zero-order chi connectivity index (χ0) is 9.26. The normalized spacial score (nSPS) is 20.8. The van der Waals surface area contributed by atoms with E-state index in [9.17, 15) is 4.79 Å². The Kier molecular flexibility index (Phi) is 1.98. The van der Waals surface area contributed by atoms with Gasteiger partial charge in [-0.2, -0.15) is 0 Å². The molecular formula is C9H11N3O. The first-order valence-electron chi connectivity index (χ1n) is 4.25. The lowest BCUT2D eigenvalue weighted by atomic mass is 9.98. The summed E-state index contributed by atoms with van der Waals surface area (Å²) in [7, 11) is 0. The fourth-order valence-corrected chi connectivity index (χ4v) is 1.36. The minimum Gasteiger partial charge on any atom is -0.366 e. The number of amides is 1. The van der Waals surface area contributed by atoms with E-state index in [1.807, 2.05) is 0 Å². The Morgan fingerprint density at radius 1 is 1.62 bits per heavy atom. The molecule has 1 atom stereocenters. The van der Waals surface area contributed by atoms with E-state index in [4.69, 9.17) is 5.73 Å². The summed E-state index contributed by atoms with van der Waals surface area (Å²) in [6.45, 7) is 1.03. The predicted molar refractivity (Wildman–Crippen MR) is 48.1 cm³/mol. The van der Waals surface area contributed by atoms with Gasteiger partial charge in [-0.1, -0.05) is 0 Å². The fraction of sp³-hybridized carbons (Fsp3) is 0.333. The highest BCUT2D eigenvalue weighted by atomic mass is 16.1. The number of hydrogen-bond acceptors (Lipinski definition) is 3. The van der Waals surface area contributed by atoms with Gasteiger partial charge in [0.1, 0.15) is 0 Å². The second-order valence-corrected chi connectivity index (χ2v) is 3.17. The highest BCUT2D eigenvalue weighted by Crippen LogP contribution is 2.22. The summed E-state index contributed by atoms with van der Waals surface area (Å²) < 4.78 is 0. The van der Waals surface area contributed by atoms with Gasteiger partial charge in [-0.15, -0.1) is 0 Å². The monoisotopic (exact) mass is 177 g/mol. The third-order valence-corrected chi connectivity index (χ3v) is 2.27. The largest absolute Gasteiger partial charge is 0.366 e. The van der Waals surface area contributed by atoms with Crippen molar-refractivity contribution >= 4 is 5.91 Å². The van der Waals surface area contributed by atoms with Crippen LogP contribution in [0.1, 0.15) is 28.4 Å². The van der Waals surface area contributed by atoms with Crippen molar-refractivity contribution in [3.05, 3.63) is 29.6 Å². The van der Waals surface area contributed by atoms with Gasteiger partial charge in [0.2, 0.25) is 5.91 Å². The van der Waals surface area contributed by atoms with Gasteiger partial charge in [0, 0.05) is 18.4 Å². The quantitative estimate of drug-likeness (QED) is 0.678. The molecule has 1 saturated heterocycles. The van der Waals surface area contributed by atoms with Crippen LogP contribution in [0.3, 0.4) is 0 Å². The topological polar surface area (TPSA) is 68.0 Å². The third kappa shape index (κ3) is 1.53. The molecule has 4 heteroatoms. The molecule has 1 fully saturated rings. The van der Waals surface area contributed by atoms with Crippen LogP contribution in [0.25, 0.3) is 0 Å². The Morgan fingerprint density at radius 3 is 2.92 bits per heavy atom. The van der Waals surface area contributed by atoms with Crippen molar-refractivity contribution < 1.29 is 4.79 Å². The van der Waals surface area contributed by atoms with E-state index in [0.717, 1.165) is 18.5 Å². The van der Waals surface area contributed by atoms with E-state index in [2.05, 4.69) is 10.3 Å². The lowest BCUT2D eigenvalue weighted by molar-refractivity contribution is 0.1000. The number of pyridine rings is 1. The van der Waals surface area contributed by atoms with Crippen molar-refractivity contribution in [3.8, 4) is 0 Å². The van der Waals surface area contributed by atoms with Crippen molar-refractivity contribution in [3.63, 3.8) is 0 Å². The number of carbonyl (C=O) groups excluding carboxylic acids is 1. The molecule has 1 aliphatic rings. The van der Waals surface area contributed by atoms with Gasteiger partial charge < -0.3 is 11.1 Å². The van der Waals surface area contributed by atoms with E-state index in [1.54, 1.807) is 12.3 Å². The average molecular weight is 177 g/mol. The van der Waals surface area contributed by atoms with Crippen LogP contribution in [-0.4, -0.2) is 17.4 Å². The van der Waals surface area contributed by atoms with Gasteiger partial charge in [0.05, 0.1) is 5.56 Å². The number of nitrogens with two attached hydrogens (primary N) is 1. The SMILES string of the molecule is NC(=O)c1cncc(C2CCN2)c1. The summed E-state index contributed by atoms with van der Waals surface area (Å²) in [5, 5.41) is 3.24. The van der Waals surface area contributed by atoms with Gasteiger partial charge in [-0.3, -0.25) is 9.78 Å². The summed E-state index contributed by atoms with van der Waals surface area (Å²) in [6, 6.07) is 2.15. The molecular weight excluding hydrogens is 166 g/mol. The van der Waals surface area contributed by atoms with Crippen LogP contribution in [0.2, 0.25) is 0 Å². The summed E-state index contributed by atoms with van der Waals surface area (Å²) >= 11 is 0. The van der Waals surface area contributed by atoms with E-state index >= 15 is 0 Å². The predicted octanol–water partition coefficient (Wildman–Crippen LogP) is 0.215. The first-order chi connectivity index (χ1) is 6.27. The highest BCUT2D eigenvalue weighted by molar-refractivity contribution is 5.92. The smallest absolute Gasteiger partial charge is 0.250 e. The molecule has 1 aliphatic heterocycles. The number of nitrogens with one attached hydrogen (secondary N) is 1. The van der Waals surface area contributed by atoms with Crippen molar-refractivity contribution in [2.24, 2.45) is 5.73 Å². The van der Waals surface area contributed by atoms with E-state index in [1.165, 1.54) is 6.20 Å². The summed E-state index contributed by atoms with van der Waals surface area (Å²) in [5.74, 6) is -0.423. The van der Waals surface area contributed by atoms with Crippen LogP contribution in [0.4, 0.5) is 0 Å². The van der Waals surface area contributed by atoms with Gasteiger partial charge >= 0.3 is 0 Å². The Labute approximate surface area is 76.2 Å². The molecule has 1 aromatic heterocycles. The van der Waals surface area contributed by atoms with Crippen molar-refractivity contribution in [2.45, 2.75) is 12.5 Å². The van der Waals surface area contributed by atoms with Crippen LogP contribution >= 0.6 is 0 Å². The van der Waals surface area contributed by atoms with Gasteiger partial charge in [-0.25, -0.2) is 0 Å². The molecule has 1 aromatic rings. The van der Waals surface area contributed by atoms with Crippen LogP contribution in [0, 0.1) is 0 Å². The van der Waals surface area contributed by atoms with Crippen molar-refractivity contribution in [1.29, 1.82) is 0 Å². The highest BCUT2D eigenvalue weighted by Gasteiger charge is 2.19. The average Bonchev–Trinajstić information content (AvgIpc) is 2.01. The Morgan fingerprint density at radius 2 is 2.38 bits per heavy atom. The standard InChI is InChI=1S/C9H11N3O/c10-9(13)7-3-6(4-11-5-7)8-1-2-12-8/h3-5,8,12H,1-2H2,(H2,10,13). The molecule has 2 heterocycles. The van der Waals surface area contributed by atoms with Crippen molar-refractivity contribution in [2.75, 3.05) is 6.54 Å². The first kappa shape index (κ1) is 8.19. The molecule has 68 valence electrons. The lowest BCUT2D eigenvalue weighted by Crippen LogP contribution is -2.35. The van der Waals surface area contributed by atoms with E-state index in [0.29, 0.717) is 11.6 Å². The molecule has 0 aliphatic carbocycles. The molecule has 1 unspecified atom stereocenters. The van der Waals surface area contributed by atoms with Crippen LogP contribution in [-0.2, 0) is 0 Å².